The van der Waals surface area contributed by atoms with Gasteiger partial charge in [-0.25, -0.2) is 0 Å². The molecule has 0 heterocycles. The maximum atomic E-state index is 13.1. The number of nitrogens with two attached hydrogens (primary N) is 1. The molecule has 3 amide bonds. The van der Waals surface area contributed by atoms with Gasteiger partial charge in [-0.3, -0.25) is 14.4 Å². The van der Waals surface area contributed by atoms with E-state index in [0.717, 1.165) is 0 Å². The minimum Gasteiger partial charge on any atom is -0.368 e. The molecular weight excluding hydrogens is 351 g/mol. The van der Waals surface area contributed by atoms with E-state index in [-0.39, 0.29) is 30.6 Å². The molecule has 0 aliphatic heterocycles. The number of anilines is 1. The number of rotatable bonds is 5. The molecule has 6 nitrogen and oxygen atoms in total. The number of amides is 3. The van der Waals surface area contributed by atoms with Gasteiger partial charge in [-0.1, -0.05) is 18.9 Å². The Balaban J connectivity index is 2.07. The zero-order valence-electron chi connectivity index (χ0n) is 13.9. The van der Waals surface area contributed by atoms with Crippen LogP contribution < -0.4 is 16.4 Å². The molecule has 1 aliphatic carbocycles. The lowest BCUT2D eigenvalue weighted by molar-refractivity contribution is -0.197. The average molecular weight is 371 g/mol. The molecule has 1 aromatic carbocycles. The largest absolute Gasteiger partial charge is 0.392 e. The lowest BCUT2D eigenvalue weighted by Gasteiger charge is -2.32. The minimum absolute atomic E-state index is 0.0584. The summed E-state index contributed by atoms with van der Waals surface area (Å²) in [4.78, 5) is 34.9. The van der Waals surface area contributed by atoms with Gasteiger partial charge >= 0.3 is 6.18 Å². The van der Waals surface area contributed by atoms with E-state index in [1.54, 1.807) is 0 Å². The fourth-order valence-corrected chi connectivity index (χ4v) is 3.08. The fraction of sp³-hybridized carbons (Fsp3) is 0.471. The molecule has 1 saturated carbocycles. The number of hydrogen-bond acceptors (Lipinski definition) is 3. The molecule has 0 aromatic heterocycles. The monoisotopic (exact) mass is 371 g/mol. The summed E-state index contributed by atoms with van der Waals surface area (Å²) in [7, 11) is 0. The van der Waals surface area contributed by atoms with Crippen LogP contribution in [0.5, 0.6) is 0 Å². The van der Waals surface area contributed by atoms with Crippen LogP contribution in [0.25, 0.3) is 0 Å². The smallest absolute Gasteiger partial charge is 0.368 e. The van der Waals surface area contributed by atoms with Gasteiger partial charge in [-0.15, -0.1) is 0 Å². The van der Waals surface area contributed by atoms with Crippen LogP contribution in [0.2, 0.25) is 0 Å². The zero-order chi connectivity index (χ0) is 19.3. The lowest BCUT2D eigenvalue weighted by atomic mass is 9.78. The molecule has 0 saturated heterocycles. The zero-order valence-corrected chi connectivity index (χ0v) is 13.9. The summed E-state index contributed by atoms with van der Waals surface area (Å²) >= 11 is 0. The van der Waals surface area contributed by atoms with Crippen molar-refractivity contribution in [1.29, 1.82) is 0 Å². The van der Waals surface area contributed by atoms with Gasteiger partial charge in [0.05, 0.1) is 12.5 Å². The van der Waals surface area contributed by atoms with Crippen molar-refractivity contribution in [2.75, 3.05) is 11.9 Å². The third-order valence-electron chi connectivity index (χ3n) is 4.34. The first-order valence-corrected chi connectivity index (χ1v) is 8.22. The van der Waals surface area contributed by atoms with Crippen LogP contribution in [0.4, 0.5) is 18.9 Å². The van der Waals surface area contributed by atoms with Crippen molar-refractivity contribution in [1.82, 2.24) is 5.32 Å². The predicted molar refractivity (Wildman–Crippen MR) is 88.1 cm³/mol. The van der Waals surface area contributed by atoms with Crippen LogP contribution in [0.1, 0.15) is 36.0 Å². The van der Waals surface area contributed by atoms with Crippen molar-refractivity contribution in [2.24, 2.45) is 17.6 Å². The molecule has 2 unspecified atom stereocenters. The topological polar surface area (TPSA) is 101 Å². The maximum Gasteiger partial charge on any atom is 0.392 e. The number of hydrogen-bond donors (Lipinski definition) is 3. The second-order valence-corrected chi connectivity index (χ2v) is 6.26. The van der Waals surface area contributed by atoms with Gasteiger partial charge in [0, 0.05) is 17.2 Å². The first-order valence-electron chi connectivity index (χ1n) is 8.22. The number of benzene rings is 1. The Morgan fingerprint density at radius 2 is 1.85 bits per heavy atom. The summed E-state index contributed by atoms with van der Waals surface area (Å²) in [6.07, 6.45) is -3.28. The van der Waals surface area contributed by atoms with Crippen LogP contribution in [0.3, 0.4) is 0 Å². The molecule has 0 bridgehead atoms. The molecule has 9 heteroatoms. The average Bonchev–Trinajstić information content (AvgIpc) is 2.59. The van der Waals surface area contributed by atoms with Crippen LogP contribution in [0, 0.1) is 11.8 Å². The normalized spacial score (nSPS) is 20.3. The van der Waals surface area contributed by atoms with E-state index in [9.17, 15) is 27.6 Å². The molecule has 0 spiro atoms. The highest BCUT2D eigenvalue weighted by atomic mass is 19.4. The summed E-state index contributed by atoms with van der Waals surface area (Å²) in [5, 5.41) is 4.76. The fourth-order valence-electron chi connectivity index (χ4n) is 3.08. The highest BCUT2D eigenvalue weighted by molar-refractivity contribution is 5.99. The van der Waals surface area contributed by atoms with Crippen LogP contribution in [-0.2, 0) is 9.59 Å². The molecule has 0 radical (unpaired) electrons. The van der Waals surface area contributed by atoms with E-state index in [1.165, 1.54) is 24.3 Å². The van der Waals surface area contributed by atoms with Crippen molar-refractivity contribution >= 4 is 23.4 Å². The van der Waals surface area contributed by atoms with E-state index in [2.05, 4.69) is 10.6 Å². The summed E-state index contributed by atoms with van der Waals surface area (Å²) < 4.78 is 39.4. The number of halogens is 3. The Kier molecular flexibility index (Phi) is 6.23. The minimum atomic E-state index is -4.42. The predicted octanol–water partition coefficient (Wildman–Crippen LogP) is 2.21. The first-order chi connectivity index (χ1) is 12.2. The van der Waals surface area contributed by atoms with Gasteiger partial charge in [0.1, 0.15) is 0 Å². The maximum absolute atomic E-state index is 13.1. The van der Waals surface area contributed by atoms with Crippen molar-refractivity contribution in [3.8, 4) is 0 Å². The van der Waals surface area contributed by atoms with Crippen LogP contribution in [0.15, 0.2) is 24.3 Å². The molecule has 142 valence electrons. The third-order valence-corrected chi connectivity index (χ3v) is 4.34. The summed E-state index contributed by atoms with van der Waals surface area (Å²) in [5.41, 5.74) is 5.31. The Morgan fingerprint density at radius 3 is 2.50 bits per heavy atom. The first kappa shape index (κ1) is 19.7. The van der Waals surface area contributed by atoms with E-state index in [1.807, 2.05) is 0 Å². The summed E-state index contributed by atoms with van der Waals surface area (Å²) in [5.74, 6) is -4.79. The molecule has 1 aliphatic rings. The van der Waals surface area contributed by atoms with Crippen LogP contribution in [-0.4, -0.2) is 30.4 Å². The Morgan fingerprint density at radius 1 is 1.15 bits per heavy atom. The highest BCUT2D eigenvalue weighted by Crippen LogP contribution is 2.41. The van der Waals surface area contributed by atoms with Crippen molar-refractivity contribution in [3.05, 3.63) is 29.8 Å². The van der Waals surface area contributed by atoms with Gasteiger partial charge in [-0.05, 0) is 31.0 Å². The Labute approximate surface area is 148 Å². The molecule has 2 atom stereocenters. The Bertz CT molecular complexity index is 691. The van der Waals surface area contributed by atoms with Gasteiger partial charge in [0.15, 0.2) is 0 Å². The SMILES string of the molecule is NC(=O)CNC(=O)c1cccc(NC(=O)C2CCCCC2C(F)(F)F)c1. The van der Waals surface area contributed by atoms with Crippen LogP contribution >= 0.6 is 0 Å². The van der Waals surface area contributed by atoms with Gasteiger partial charge in [-0.2, -0.15) is 13.2 Å². The molecule has 4 N–H and O–H groups in total. The summed E-state index contributed by atoms with van der Waals surface area (Å²) in [6, 6.07) is 5.75. The van der Waals surface area contributed by atoms with Crippen molar-refractivity contribution in [3.63, 3.8) is 0 Å². The van der Waals surface area contributed by atoms with Gasteiger partial charge < -0.3 is 16.4 Å². The molecule has 2 rings (SSSR count). The number of alkyl halides is 3. The van der Waals surface area contributed by atoms with E-state index in [0.29, 0.717) is 12.8 Å². The third kappa shape index (κ3) is 5.21. The van der Waals surface area contributed by atoms with Crippen molar-refractivity contribution in [2.45, 2.75) is 31.9 Å². The van der Waals surface area contributed by atoms with E-state index in [4.69, 9.17) is 5.73 Å². The molecular formula is C17H20F3N3O3. The number of primary amides is 1. The quantitative estimate of drug-likeness (QED) is 0.740. The summed E-state index contributed by atoms with van der Waals surface area (Å²) in [6.45, 7) is -0.343. The van der Waals surface area contributed by atoms with Gasteiger partial charge in [0.2, 0.25) is 11.8 Å². The molecule has 1 aromatic rings. The Hall–Kier alpha value is -2.58. The number of nitrogens with one attached hydrogen (secondary N) is 2. The number of carbonyl (C=O) groups excluding carboxylic acids is 3. The lowest BCUT2D eigenvalue weighted by Crippen LogP contribution is -2.39. The number of carbonyl (C=O) groups is 3. The van der Waals surface area contributed by atoms with Crippen molar-refractivity contribution < 1.29 is 27.6 Å². The van der Waals surface area contributed by atoms with Gasteiger partial charge in [0.25, 0.3) is 5.91 Å². The van der Waals surface area contributed by atoms with E-state index >= 15 is 0 Å². The second kappa shape index (κ2) is 8.20. The van der Waals surface area contributed by atoms with E-state index < -0.39 is 35.7 Å². The molecule has 26 heavy (non-hydrogen) atoms. The highest BCUT2D eigenvalue weighted by Gasteiger charge is 2.48. The standard InChI is InChI=1S/C17H20F3N3O3/c18-17(19,20)13-7-2-1-6-12(13)16(26)23-11-5-3-4-10(8-11)15(25)22-9-14(21)24/h3-5,8,12-13H,1-2,6-7,9H2,(H2,21,24)(H,22,25)(H,23,26). The second-order valence-electron chi connectivity index (χ2n) is 6.26. The molecule has 1 fully saturated rings.